The lowest BCUT2D eigenvalue weighted by atomic mass is 9.99. The summed E-state index contributed by atoms with van der Waals surface area (Å²) in [5, 5.41) is 4.88. The molecule has 2 aromatic heterocycles. The Hall–Kier alpha value is -2.04. The fourth-order valence-electron chi connectivity index (χ4n) is 2.67. The number of benzene rings is 1. The van der Waals surface area contributed by atoms with Crippen LogP contribution in [0.5, 0.6) is 0 Å². The van der Waals surface area contributed by atoms with Crippen LogP contribution in [0.25, 0.3) is 0 Å². The van der Waals surface area contributed by atoms with Crippen LogP contribution in [0.4, 0.5) is 0 Å². The third-order valence-electron chi connectivity index (χ3n) is 4.07. The largest absolute Gasteiger partial charge is 0.305 e. The number of aromatic nitrogens is 2. The molecular formula is C20H23N3S. The molecule has 0 spiro atoms. The van der Waals surface area contributed by atoms with Gasteiger partial charge in [-0.2, -0.15) is 0 Å². The zero-order valence-electron chi connectivity index (χ0n) is 14.2. The van der Waals surface area contributed by atoms with Crippen molar-refractivity contribution < 1.29 is 0 Å². The maximum atomic E-state index is 4.45. The highest BCUT2D eigenvalue weighted by Crippen LogP contribution is 2.20. The van der Waals surface area contributed by atoms with Gasteiger partial charge in [0.15, 0.2) is 0 Å². The Morgan fingerprint density at radius 1 is 1.12 bits per heavy atom. The molecule has 4 heteroatoms. The molecule has 0 saturated carbocycles. The number of rotatable bonds is 7. The van der Waals surface area contributed by atoms with Crippen molar-refractivity contribution in [3.8, 4) is 0 Å². The smallest absolute Gasteiger partial charge is 0.0925 e. The lowest BCUT2D eigenvalue weighted by Crippen LogP contribution is -2.22. The fourth-order valence-corrected chi connectivity index (χ4v) is 3.48. The molecule has 0 bridgehead atoms. The number of hydrogen-bond donors (Lipinski definition) is 1. The second-order valence-electron chi connectivity index (χ2n) is 5.98. The molecule has 3 nitrogen and oxygen atoms in total. The van der Waals surface area contributed by atoms with Crippen molar-refractivity contribution in [1.82, 2.24) is 15.3 Å². The Balaban J connectivity index is 1.73. The Morgan fingerprint density at radius 2 is 1.96 bits per heavy atom. The van der Waals surface area contributed by atoms with Crippen molar-refractivity contribution in [2.45, 2.75) is 39.3 Å². The van der Waals surface area contributed by atoms with Gasteiger partial charge in [-0.3, -0.25) is 4.98 Å². The minimum Gasteiger partial charge on any atom is -0.305 e. The van der Waals surface area contributed by atoms with E-state index in [2.05, 4.69) is 59.5 Å². The SMILES string of the molecule is CCc1ncc(CN[C@H](Cc2ccc(C)cc2)c2cccnc2)s1. The molecule has 1 atom stereocenters. The van der Waals surface area contributed by atoms with E-state index in [0.717, 1.165) is 19.4 Å². The molecule has 0 saturated heterocycles. The molecular weight excluding hydrogens is 314 g/mol. The highest BCUT2D eigenvalue weighted by atomic mass is 32.1. The highest BCUT2D eigenvalue weighted by Gasteiger charge is 2.13. The number of nitrogens with one attached hydrogen (secondary N) is 1. The van der Waals surface area contributed by atoms with E-state index in [1.807, 2.05) is 24.7 Å². The summed E-state index contributed by atoms with van der Waals surface area (Å²) in [6.45, 7) is 5.10. The third kappa shape index (κ3) is 4.49. The van der Waals surface area contributed by atoms with Crippen LogP contribution in [-0.2, 0) is 19.4 Å². The second-order valence-corrected chi connectivity index (χ2v) is 7.18. The molecule has 124 valence electrons. The first-order valence-corrected chi connectivity index (χ1v) is 9.18. The van der Waals surface area contributed by atoms with Crippen LogP contribution < -0.4 is 5.32 Å². The molecule has 0 amide bonds. The number of pyridine rings is 1. The summed E-state index contributed by atoms with van der Waals surface area (Å²) in [7, 11) is 0. The van der Waals surface area contributed by atoms with Gasteiger partial charge in [0, 0.05) is 36.1 Å². The molecule has 3 rings (SSSR count). The summed E-state index contributed by atoms with van der Waals surface area (Å²) in [5.74, 6) is 0. The van der Waals surface area contributed by atoms with Gasteiger partial charge in [-0.1, -0.05) is 42.8 Å². The van der Waals surface area contributed by atoms with E-state index in [-0.39, 0.29) is 6.04 Å². The van der Waals surface area contributed by atoms with E-state index < -0.39 is 0 Å². The lowest BCUT2D eigenvalue weighted by Gasteiger charge is -2.19. The van der Waals surface area contributed by atoms with E-state index >= 15 is 0 Å². The summed E-state index contributed by atoms with van der Waals surface area (Å²) in [4.78, 5) is 10.0. The van der Waals surface area contributed by atoms with Crippen LogP contribution in [0.1, 0.15) is 39.5 Å². The first-order valence-electron chi connectivity index (χ1n) is 8.37. The van der Waals surface area contributed by atoms with Crippen LogP contribution in [0, 0.1) is 6.92 Å². The lowest BCUT2D eigenvalue weighted by molar-refractivity contribution is 0.532. The second kappa shape index (κ2) is 8.18. The minimum absolute atomic E-state index is 0.244. The van der Waals surface area contributed by atoms with Crippen LogP contribution in [0.15, 0.2) is 55.0 Å². The summed E-state index contributed by atoms with van der Waals surface area (Å²) >= 11 is 1.79. The summed E-state index contributed by atoms with van der Waals surface area (Å²) < 4.78 is 0. The average Bonchev–Trinajstić information content (AvgIpc) is 3.09. The van der Waals surface area contributed by atoms with Crippen LogP contribution >= 0.6 is 11.3 Å². The van der Waals surface area contributed by atoms with Crippen LogP contribution in [-0.4, -0.2) is 9.97 Å². The fraction of sp³-hybridized carbons (Fsp3) is 0.300. The highest BCUT2D eigenvalue weighted by molar-refractivity contribution is 7.11. The summed E-state index contributed by atoms with van der Waals surface area (Å²) in [6, 6.07) is 13.2. The molecule has 0 aliphatic rings. The van der Waals surface area contributed by atoms with Crippen molar-refractivity contribution >= 4 is 11.3 Å². The number of thiazole rings is 1. The molecule has 24 heavy (non-hydrogen) atoms. The molecule has 0 unspecified atom stereocenters. The van der Waals surface area contributed by atoms with E-state index in [1.165, 1.54) is 26.6 Å². The summed E-state index contributed by atoms with van der Waals surface area (Å²) in [6.07, 6.45) is 7.72. The van der Waals surface area contributed by atoms with Gasteiger partial charge in [-0.05, 0) is 37.0 Å². The quantitative estimate of drug-likeness (QED) is 0.690. The molecule has 1 aromatic carbocycles. The van der Waals surface area contributed by atoms with Crippen molar-refractivity contribution in [1.29, 1.82) is 0 Å². The predicted molar refractivity (Wildman–Crippen MR) is 100 cm³/mol. The Morgan fingerprint density at radius 3 is 2.62 bits per heavy atom. The van der Waals surface area contributed by atoms with Gasteiger partial charge in [-0.25, -0.2) is 4.98 Å². The van der Waals surface area contributed by atoms with Crippen molar-refractivity contribution in [2.75, 3.05) is 0 Å². The predicted octanol–water partition coefficient (Wildman–Crippen LogP) is 4.48. The zero-order chi connectivity index (χ0) is 16.8. The number of nitrogens with zero attached hydrogens (tertiary/aromatic N) is 2. The van der Waals surface area contributed by atoms with Gasteiger partial charge in [0.1, 0.15) is 0 Å². The minimum atomic E-state index is 0.244. The normalized spacial score (nSPS) is 12.2. The van der Waals surface area contributed by atoms with Crippen LogP contribution in [0.3, 0.4) is 0 Å². The van der Waals surface area contributed by atoms with Gasteiger partial charge < -0.3 is 5.32 Å². The van der Waals surface area contributed by atoms with E-state index in [1.54, 1.807) is 11.3 Å². The molecule has 0 aliphatic carbocycles. The van der Waals surface area contributed by atoms with Crippen LogP contribution in [0.2, 0.25) is 0 Å². The molecule has 1 N–H and O–H groups in total. The average molecular weight is 337 g/mol. The van der Waals surface area contributed by atoms with Gasteiger partial charge in [0.05, 0.1) is 5.01 Å². The zero-order valence-corrected chi connectivity index (χ0v) is 15.0. The molecule has 0 fully saturated rings. The van der Waals surface area contributed by atoms with Gasteiger partial charge in [-0.15, -0.1) is 11.3 Å². The van der Waals surface area contributed by atoms with E-state index in [9.17, 15) is 0 Å². The molecule has 0 aliphatic heterocycles. The van der Waals surface area contributed by atoms with Gasteiger partial charge in [0.25, 0.3) is 0 Å². The Kier molecular flexibility index (Phi) is 5.72. The van der Waals surface area contributed by atoms with Gasteiger partial charge in [0.2, 0.25) is 0 Å². The molecule has 2 heterocycles. The molecule has 0 radical (unpaired) electrons. The Bertz CT molecular complexity index is 750. The first kappa shape index (κ1) is 16.8. The number of hydrogen-bond acceptors (Lipinski definition) is 4. The molecule has 3 aromatic rings. The monoisotopic (exact) mass is 337 g/mol. The van der Waals surface area contributed by atoms with Crippen molar-refractivity contribution in [2.24, 2.45) is 0 Å². The van der Waals surface area contributed by atoms with Crippen molar-refractivity contribution in [3.05, 3.63) is 81.6 Å². The topological polar surface area (TPSA) is 37.8 Å². The standard InChI is InChI=1S/C20H23N3S/c1-3-20-23-14-18(24-20)13-22-19(17-5-4-10-21-12-17)11-16-8-6-15(2)7-9-16/h4-10,12,14,19,22H,3,11,13H2,1-2H3/t19-/m1/s1. The van der Waals surface area contributed by atoms with Gasteiger partial charge >= 0.3 is 0 Å². The third-order valence-corrected chi connectivity index (χ3v) is 5.22. The van der Waals surface area contributed by atoms with Crippen molar-refractivity contribution in [3.63, 3.8) is 0 Å². The number of aryl methyl sites for hydroxylation is 2. The Labute approximate surface area is 147 Å². The maximum Gasteiger partial charge on any atom is 0.0925 e. The maximum absolute atomic E-state index is 4.45. The van der Waals surface area contributed by atoms with E-state index in [0.29, 0.717) is 0 Å². The summed E-state index contributed by atoms with van der Waals surface area (Å²) in [5.41, 5.74) is 3.85. The van der Waals surface area contributed by atoms with E-state index in [4.69, 9.17) is 0 Å². The first-order chi connectivity index (χ1) is 11.7.